The van der Waals surface area contributed by atoms with E-state index in [1.54, 1.807) is 24.3 Å². The van der Waals surface area contributed by atoms with Crippen molar-refractivity contribution in [2.24, 2.45) is 7.05 Å². The van der Waals surface area contributed by atoms with Gasteiger partial charge in [0.25, 0.3) is 5.91 Å². The summed E-state index contributed by atoms with van der Waals surface area (Å²) in [5.41, 5.74) is 2.15. The second kappa shape index (κ2) is 6.62. The van der Waals surface area contributed by atoms with Gasteiger partial charge in [-0.3, -0.25) is 9.69 Å². The van der Waals surface area contributed by atoms with E-state index in [-0.39, 0.29) is 12.3 Å². The molecular weight excluding hydrogens is 344 g/mol. The first-order valence-corrected chi connectivity index (χ1v) is 8.36. The van der Waals surface area contributed by atoms with E-state index in [0.717, 1.165) is 5.69 Å². The Kier molecular flexibility index (Phi) is 4.55. The van der Waals surface area contributed by atoms with E-state index in [0.29, 0.717) is 20.5 Å². The lowest BCUT2D eigenvalue weighted by atomic mass is 10.1. The van der Waals surface area contributed by atoms with Gasteiger partial charge in [0.1, 0.15) is 0 Å². The van der Waals surface area contributed by atoms with Crippen LogP contribution in [0.2, 0.25) is 0 Å². The molecule has 0 radical (unpaired) electrons. The largest absolute Gasteiger partial charge is 0.550 e. The van der Waals surface area contributed by atoms with Gasteiger partial charge in [-0.05, 0) is 35.9 Å². The fourth-order valence-corrected chi connectivity index (χ4v) is 3.66. The molecule has 1 aliphatic rings. The van der Waals surface area contributed by atoms with E-state index in [9.17, 15) is 14.7 Å². The monoisotopic (exact) mass is 357 g/mol. The molecule has 2 aromatic rings. The summed E-state index contributed by atoms with van der Waals surface area (Å²) in [6.07, 6.45) is 3.55. The number of thiocarbonyl (C=S) groups is 1. The molecule has 7 heteroatoms. The lowest BCUT2D eigenvalue weighted by molar-refractivity contribution is -0.304. The summed E-state index contributed by atoms with van der Waals surface area (Å²) in [5, 5.41) is 10.6. The average molecular weight is 357 g/mol. The maximum Gasteiger partial charge on any atom is 0.270 e. The number of nitrogens with zero attached hydrogens (tertiary/aromatic N) is 2. The van der Waals surface area contributed by atoms with Gasteiger partial charge >= 0.3 is 0 Å². The van der Waals surface area contributed by atoms with Crippen molar-refractivity contribution in [1.82, 2.24) is 4.57 Å². The predicted octanol–water partition coefficient (Wildman–Crippen LogP) is 1.72. The smallest absolute Gasteiger partial charge is 0.270 e. The van der Waals surface area contributed by atoms with Gasteiger partial charge in [0.15, 0.2) is 4.32 Å². The van der Waals surface area contributed by atoms with E-state index in [1.807, 2.05) is 36.0 Å². The van der Waals surface area contributed by atoms with Gasteiger partial charge < -0.3 is 14.5 Å². The zero-order chi connectivity index (χ0) is 17.3. The molecule has 0 atom stereocenters. The zero-order valence-electron chi connectivity index (χ0n) is 12.8. The van der Waals surface area contributed by atoms with Crippen molar-refractivity contribution in [3.05, 3.63) is 58.8 Å². The highest BCUT2D eigenvalue weighted by atomic mass is 32.2. The highest BCUT2D eigenvalue weighted by Gasteiger charge is 2.33. The second-order valence-electron chi connectivity index (χ2n) is 5.28. The molecule has 122 valence electrons. The van der Waals surface area contributed by atoms with Crippen LogP contribution in [0.1, 0.15) is 11.3 Å². The molecule has 1 fully saturated rings. The molecule has 1 amide bonds. The van der Waals surface area contributed by atoms with Gasteiger partial charge in [0.05, 0.1) is 10.6 Å². The molecule has 0 saturated carbocycles. The van der Waals surface area contributed by atoms with Gasteiger partial charge in [0.2, 0.25) is 0 Å². The number of carboxylic acid groups (broad SMARTS) is 1. The molecule has 0 bridgehead atoms. The number of aryl methyl sites for hydroxylation is 1. The minimum Gasteiger partial charge on any atom is -0.550 e. The number of aliphatic carboxylic acids is 1. The van der Waals surface area contributed by atoms with E-state index in [1.165, 1.54) is 16.7 Å². The molecule has 0 aliphatic carbocycles. The Labute approximate surface area is 148 Å². The van der Waals surface area contributed by atoms with Crippen molar-refractivity contribution in [2.45, 2.75) is 6.42 Å². The lowest BCUT2D eigenvalue weighted by Gasteiger charge is -2.15. The summed E-state index contributed by atoms with van der Waals surface area (Å²) in [5.74, 6) is -1.32. The number of rotatable bonds is 4. The number of aromatic nitrogens is 1. The SMILES string of the molecule is Cn1cccc1/C=C1/SC(=S)N(c2ccc(CC(=O)[O-])cc2)C1=O. The topological polar surface area (TPSA) is 65.4 Å². The average Bonchev–Trinajstić information content (AvgIpc) is 3.04. The summed E-state index contributed by atoms with van der Waals surface area (Å²) in [6.45, 7) is 0. The third-order valence-electron chi connectivity index (χ3n) is 3.60. The fraction of sp³-hybridized carbons (Fsp3) is 0.118. The van der Waals surface area contributed by atoms with E-state index >= 15 is 0 Å². The summed E-state index contributed by atoms with van der Waals surface area (Å²) < 4.78 is 2.37. The van der Waals surface area contributed by atoms with Crippen LogP contribution in [0.3, 0.4) is 0 Å². The first-order valence-electron chi connectivity index (χ1n) is 7.14. The number of amides is 1. The van der Waals surface area contributed by atoms with Crippen molar-refractivity contribution in [3.8, 4) is 0 Å². The van der Waals surface area contributed by atoms with Gasteiger partial charge in [-0.1, -0.05) is 36.1 Å². The van der Waals surface area contributed by atoms with Gasteiger partial charge in [0, 0.05) is 31.3 Å². The quantitative estimate of drug-likeness (QED) is 0.616. The van der Waals surface area contributed by atoms with Crippen molar-refractivity contribution >= 4 is 51.9 Å². The van der Waals surface area contributed by atoms with Crippen LogP contribution in [0, 0.1) is 0 Å². The van der Waals surface area contributed by atoms with E-state index < -0.39 is 5.97 Å². The van der Waals surface area contributed by atoms with E-state index in [2.05, 4.69) is 0 Å². The third-order valence-corrected chi connectivity index (χ3v) is 4.90. The molecular formula is C17H13N2O3S2-. The molecule has 0 unspecified atom stereocenters. The molecule has 5 nitrogen and oxygen atoms in total. The van der Waals surface area contributed by atoms with Crippen molar-refractivity contribution in [2.75, 3.05) is 4.90 Å². The molecule has 24 heavy (non-hydrogen) atoms. The highest BCUT2D eigenvalue weighted by Crippen LogP contribution is 2.36. The summed E-state index contributed by atoms with van der Waals surface area (Å²) >= 11 is 6.57. The van der Waals surface area contributed by atoms with Crippen molar-refractivity contribution < 1.29 is 14.7 Å². The van der Waals surface area contributed by atoms with Crippen LogP contribution in [0.25, 0.3) is 6.08 Å². The Bertz CT molecular complexity index is 853. The van der Waals surface area contributed by atoms with Crippen LogP contribution >= 0.6 is 24.0 Å². The number of carbonyl (C=O) groups is 2. The van der Waals surface area contributed by atoms with Gasteiger partial charge in [-0.2, -0.15) is 0 Å². The Hall–Kier alpha value is -2.38. The molecule has 2 heterocycles. The number of benzene rings is 1. The maximum atomic E-state index is 12.7. The molecule has 1 aromatic heterocycles. The highest BCUT2D eigenvalue weighted by molar-refractivity contribution is 8.27. The Morgan fingerprint density at radius 2 is 2.00 bits per heavy atom. The van der Waals surface area contributed by atoms with Crippen LogP contribution < -0.4 is 10.0 Å². The summed E-state index contributed by atoms with van der Waals surface area (Å²) in [7, 11) is 1.91. The number of thioether (sulfide) groups is 1. The van der Waals surface area contributed by atoms with Crippen LogP contribution in [-0.2, 0) is 23.1 Å². The fourth-order valence-electron chi connectivity index (χ4n) is 2.38. The van der Waals surface area contributed by atoms with Crippen LogP contribution in [0.15, 0.2) is 47.5 Å². The Morgan fingerprint density at radius 3 is 2.58 bits per heavy atom. The molecule has 1 saturated heterocycles. The molecule has 0 spiro atoms. The minimum atomic E-state index is -1.14. The summed E-state index contributed by atoms with van der Waals surface area (Å²) in [6, 6.07) is 10.5. The standard InChI is InChI=1S/C17H14N2O3S2/c1-18-8-2-3-13(18)10-14-16(22)19(17(23)24-14)12-6-4-11(5-7-12)9-15(20)21/h2-8,10H,9H2,1H3,(H,20,21)/p-1/b14-10+. The van der Waals surface area contributed by atoms with Crippen molar-refractivity contribution in [3.63, 3.8) is 0 Å². The molecule has 1 aromatic carbocycles. The zero-order valence-corrected chi connectivity index (χ0v) is 14.4. The second-order valence-corrected chi connectivity index (χ2v) is 6.95. The van der Waals surface area contributed by atoms with Crippen molar-refractivity contribution in [1.29, 1.82) is 0 Å². The Balaban J connectivity index is 1.85. The third kappa shape index (κ3) is 3.27. The molecule has 0 N–H and O–H groups in total. The summed E-state index contributed by atoms with van der Waals surface area (Å²) in [4.78, 5) is 25.3. The van der Waals surface area contributed by atoms with Crippen LogP contribution in [-0.4, -0.2) is 20.8 Å². The minimum absolute atomic E-state index is 0.161. The first-order chi connectivity index (χ1) is 11.5. The van der Waals surface area contributed by atoms with Gasteiger partial charge in [-0.15, -0.1) is 0 Å². The number of carbonyl (C=O) groups excluding carboxylic acids is 2. The number of carboxylic acids is 1. The predicted molar refractivity (Wildman–Crippen MR) is 96.2 cm³/mol. The van der Waals surface area contributed by atoms with Crippen LogP contribution in [0.5, 0.6) is 0 Å². The Morgan fingerprint density at radius 1 is 1.29 bits per heavy atom. The normalized spacial score (nSPS) is 16.2. The maximum absolute atomic E-state index is 12.7. The van der Waals surface area contributed by atoms with Gasteiger partial charge in [-0.25, -0.2) is 0 Å². The number of hydrogen-bond donors (Lipinski definition) is 0. The molecule has 3 rings (SSSR count). The number of hydrogen-bond acceptors (Lipinski definition) is 5. The number of anilines is 1. The lowest BCUT2D eigenvalue weighted by Crippen LogP contribution is -2.27. The molecule has 1 aliphatic heterocycles. The van der Waals surface area contributed by atoms with Crippen LogP contribution in [0.4, 0.5) is 5.69 Å². The van der Waals surface area contributed by atoms with E-state index in [4.69, 9.17) is 12.2 Å². The first kappa shape index (κ1) is 16.5.